The molecule has 0 bridgehead atoms. The molecule has 0 spiro atoms. The Morgan fingerprint density at radius 1 is 1.21 bits per heavy atom. The lowest BCUT2D eigenvalue weighted by Gasteiger charge is -2.13. The van der Waals surface area contributed by atoms with Crippen LogP contribution in [0.25, 0.3) is 0 Å². The molecule has 0 fully saturated rings. The van der Waals surface area contributed by atoms with Crippen molar-refractivity contribution in [1.82, 2.24) is 16.1 Å². The molecule has 0 atom stereocenters. The maximum absolute atomic E-state index is 3.83. The molecule has 74 valence electrons. The number of hydrogen-bond donors (Lipinski definition) is 2. The fourth-order valence-corrected chi connectivity index (χ4v) is 1.38. The van der Waals surface area contributed by atoms with Crippen LogP contribution in [0.4, 0.5) is 0 Å². The average molecular weight is 190 g/mol. The minimum Gasteiger partial charge on any atom is -0.273 e. The molecular weight excluding hydrogens is 176 g/mol. The first-order valence-corrected chi connectivity index (χ1v) is 4.77. The van der Waals surface area contributed by atoms with Gasteiger partial charge in [0, 0.05) is 0 Å². The highest BCUT2D eigenvalue weighted by molar-refractivity contribution is 5.55. The Balaban J connectivity index is 1.99. The smallest absolute Gasteiger partial charge is 0.128 e. The average Bonchev–Trinajstić information content (AvgIpc) is 2.72. The molecular formula is C10H14N4. The first-order chi connectivity index (χ1) is 6.88. The van der Waals surface area contributed by atoms with E-state index < -0.39 is 0 Å². The molecule has 0 radical (unpaired) electrons. The van der Waals surface area contributed by atoms with Gasteiger partial charge in [-0.25, -0.2) is 5.53 Å². The van der Waals surface area contributed by atoms with Crippen LogP contribution in [0.15, 0.2) is 29.4 Å². The fraction of sp³-hybridized carbons (Fsp3) is 0.300. The number of nitrogens with one attached hydrogen (secondary N) is 2. The molecule has 2 N–H and O–H groups in total. The zero-order chi connectivity index (χ0) is 9.80. The Kier molecular flexibility index (Phi) is 2.65. The maximum Gasteiger partial charge on any atom is 0.128 e. The Bertz CT molecular complexity index is 317. The molecule has 0 aromatic heterocycles. The molecule has 0 unspecified atom stereocenters. The Morgan fingerprint density at radius 3 is 2.50 bits per heavy atom. The van der Waals surface area contributed by atoms with E-state index in [4.69, 9.17) is 0 Å². The monoisotopic (exact) mass is 190 g/mol. The third kappa shape index (κ3) is 2.03. The standard InChI is InChI=1S/C10H14N4/c1-2-9-3-5-10(6-4-9)7-14-8-11-12-13-14/h3-6,8,12-13H,2,7H2,1H3. The molecule has 1 aliphatic heterocycles. The van der Waals surface area contributed by atoms with Crippen molar-refractivity contribution in [3.05, 3.63) is 35.4 Å². The summed E-state index contributed by atoms with van der Waals surface area (Å²) in [7, 11) is 0. The molecule has 1 heterocycles. The van der Waals surface area contributed by atoms with Gasteiger partial charge in [0.15, 0.2) is 0 Å². The highest BCUT2D eigenvalue weighted by Crippen LogP contribution is 2.06. The number of nitrogens with zero attached hydrogens (tertiary/aromatic N) is 2. The van der Waals surface area contributed by atoms with Crippen molar-refractivity contribution in [2.24, 2.45) is 5.10 Å². The molecule has 0 saturated carbocycles. The molecule has 1 aromatic carbocycles. The highest BCUT2D eigenvalue weighted by atomic mass is 15.8. The summed E-state index contributed by atoms with van der Waals surface area (Å²) in [6.45, 7) is 2.98. The van der Waals surface area contributed by atoms with E-state index in [1.807, 2.05) is 5.01 Å². The minimum atomic E-state index is 0.820. The second kappa shape index (κ2) is 4.11. The highest BCUT2D eigenvalue weighted by Gasteiger charge is 2.04. The van der Waals surface area contributed by atoms with Crippen molar-refractivity contribution >= 4 is 6.34 Å². The van der Waals surface area contributed by atoms with Gasteiger partial charge < -0.3 is 0 Å². The topological polar surface area (TPSA) is 39.7 Å². The number of benzene rings is 1. The van der Waals surface area contributed by atoms with Crippen molar-refractivity contribution < 1.29 is 0 Å². The molecule has 4 nitrogen and oxygen atoms in total. The molecule has 1 aromatic rings. The Hall–Kier alpha value is -1.55. The van der Waals surface area contributed by atoms with Crippen LogP contribution in [0.5, 0.6) is 0 Å². The number of hydrazine groups is 2. The quantitative estimate of drug-likeness (QED) is 0.747. The van der Waals surface area contributed by atoms with Crippen LogP contribution in [0.1, 0.15) is 18.1 Å². The lowest BCUT2D eigenvalue weighted by molar-refractivity contribution is 0.293. The summed E-state index contributed by atoms with van der Waals surface area (Å²) in [6.07, 6.45) is 2.82. The molecule has 0 amide bonds. The number of rotatable bonds is 3. The summed E-state index contributed by atoms with van der Waals surface area (Å²) in [5.41, 5.74) is 8.19. The molecule has 14 heavy (non-hydrogen) atoms. The van der Waals surface area contributed by atoms with E-state index in [0.29, 0.717) is 0 Å². The summed E-state index contributed by atoms with van der Waals surface area (Å²) in [4.78, 5) is 0. The summed E-state index contributed by atoms with van der Waals surface area (Å²) >= 11 is 0. The first-order valence-electron chi connectivity index (χ1n) is 4.77. The molecule has 4 heteroatoms. The predicted octanol–water partition coefficient (Wildman–Crippen LogP) is 1.02. The largest absolute Gasteiger partial charge is 0.273 e. The normalized spacial score (nSPS) is 14.5. The SMILES string of the molecule is CCc1ccc(CN2C=NNN2)cc1. The van der Waals surface area contributed by atoms with E-state index in [2.05, 4.69) is 47.4 Å². The second-order valence-electron chi connectivity index (χ2n) is 3.27. The molecule has 2 rings (SSSR count). The number of hydrogen-bond acceptors (Lipinski definition) is 4. The van der Waals surface area contributed by atoms with E-state index in [1.165, 1.54) is 11.1 Å². The van der Waals surface area contributed by atoms with Gasteiger partial charge in [0.1, 0.15) is 6.34 Å². The lowest BCUT2D eigenvalue weighted by Crippen LogP contribution is -2.36. The van der Waals surface area contributed by atoms with Crippen LogP contribution < -0.4 is 11.1 Å². The van der Waals surface area contributed by atoms with Gasteiger partial charge >= 0.3 is 0 Å². The van der Waals surface area contributed by atoms with Gasteiger partial charge in [-0.05, 0) is 17.5 Å². The zero-order valence-corrected chi connectivity index (χ0v) is 8.20. The third-order valence-corrected chi connectivity index (χ3v) is 2.24. The first kappa shape index (κ1) is 9.02. The molecule has 1 aliphatic rings. The van der Waals surface area contributed by atoms with Crippen LogP contribution in [-0.4, -0.2) is 11.3 Å². The van der Waals surface area contributed by atoms with Crippen molar-refractivity contribution in [2.75, 3.05) is 0 Å². The van der Waals surface area contributed by atoms with Gasteiger partial charge in [-0.3, -0.25) is 5.01 Å². The Labute approximate surface area is 83.6 Å². The van der Waals surface area contributed by atoms with Crippen molar-refractivity contribution in [3.8, 4) is 0 Å². The van der Waals surface area contributed by atoms with Crippen LogP contribution in [-0.2, 0) is 13.0 Å². The number of aryl methyl sites for hydroxylation is 1. The summed E-state index contributed by atoms with van der Waals surface area (Å²) in [6, 6.07) is 8.62. The van der Waals surface area contributed by atoms with Gasteiger partial charge in [-0.15, -0.1) is 5.53 Å². The third-order valence-electron chi connectivity index (χ3n) is 2.24. The summed E-state index contributed by atoms with van der Waals surface area (Å²) in [5, 5.41) is 5.72. The van der Waals surface area contributed by atoms with Gasteiger partial charge in [-0.1, -0.05) is 31.2 Å². The van der Waals surface area contributed by atoms with Gasteiger partial charge in [-0.2, -0.15) is 5.10 Å². The number of hydrazone groups is 1. The predicted molar refractivity (Wildman–Crippen MR) is 56.1 cm³/mol. The van der Waals surface area contributed by atoms with Crippen molar-refractivity contribution in [1.29, 1.82) is 0 Å². The maximum atomic E-state index is 3.83. The lowest BCUT2D eigenvalue weighted by atomic mass is 10.1. The zero-order valence-electron chi connectivity index (χ0n) is 8.20. The van der Waals surface area contributed by atoms with Gasteiger partial charge in [0.05, 0.1) is 6.54 Å². The van der Waals surface area contributed by atoms with Crippen LogP contribution in [0.2, 0.25) is 0 Å². The van der Waals surface area contributed by atoms with E-state index in [-0.39, 0.29) is 0 Å². The summed E-state index contributed by atoms with van der Waals surface area (Å²) in [5.74, 6) is 0. The second-order valence-corrected chi connectivity index (χ2v) is 3.27. The van der Waals surface area contributed by atoms with E-state index in [0.717, 1.165) is 13.0 Å². The van der Waals surface area contributed by atoms with Crippen LogP contribution in [0, 0.1) is 0 Å². The minimum absolute atomic E-state index is 0.820. The fourth-order valence-electron chi connectivity index (χ4n) is 1.38. The van der Waals surface area contributed by atoms with E-state index in [1.54, 1.807) is 6.34 Å². The van der Waals surface area contributed by atoms with E-state index in [9.17, 15) is 0 Å². The van der Waals surface area contributed by atoms with Crippen LogP contribution >= 0.6 is 0 Å². The van der Waals surface area contributed by atoms with Gasteiger partial charge in [0.2, 0.25) is 0 Å². The van der Waals surface area contributed by atoms with Crippen molar-refractivity contribution in [2.45, 2.75) is 19.9 Å². The van der Waals surface area contributed by atoms with Gasteiger partial charge in [0.25, 0.3) is 0 Å². The molecule has 0 saturated heterocycles. The molecule has 0 aliphatic carbocycles. The Morgan fingerprint density at radius 2 is 1.93 bits per heavy atom. The van der Waals surface area contributed by atoms with Crippen LogP contribution in [0.3, 0.4) is 0 Å². The summed E-state index contributed by atoms with van der Waals surface area (Å²) < 4.78 is 0. The van der Waals surface area contributed by atoms with E-state index >= 15 is 0 Å². The van der Waals surface area contributed by atoms with Crippen molar-refractivity contribution in [3.63, 3.8) is 0 Å².